The highest BCUT2D eigenvalue weighted by molar-refractivity contribution is 7.11. The Kier molecular flexibility index (Phi) is 4.74. The molecule has 2 rings (SSSR count). The van der Waals surface area contributed by atoms with Crippen molar-refractivity contribution in [3.05, 3.63) is 34.7 Å². The number of hydrogen-bond donors (Lipinski definition) is 1. The second-order valence-corrected chi connectivity index (χ2v) is 5.72. The number of carbonyl (C=O) groups is 2. The molecule has 0 saturated heterocycles. The summed E-state index contributed by atoms with van der Waals surface area (Å²) in [6.45, 7) is 5.46. The number of thiophene rings is 1. The summed E-state index contributed by atoms with van der Waals surface area (Å²) in [5.41, 5.74) is 0. The Morgan fingerprint density at radius 3 is 2.71 bits per heavy atom. The van der Waals surface area contributed by atoms with Crippen molar-refractivity contribution in [1.29, 1.82) is 0 Å². The van der Waals surface area contributed by atoms with Crippen molar-refractivity contribution >= 4 is 29.0 Å². The minimum absolute atomic E-state index is 0.124. The number of nitrogens with one attached hydrogen (secondary N) is 1. The van der Waals surface area contributed by atoms with Gasteiger partial charge in [-0.25, -0.2) is 9.48 Å². The van der Waals surface area contributed by atoms with Gasteiger partial charge in [0.15, 0.2) is 6.10 Å². The first-order valence-corrected chi connectivity index (χ1v) is 7.46. The summed E-state index contributed by atoms with van der Waals surface area (Å²) < 4.78 is 6.82. The van der Waals surface area contributed by atoms with Crippen LogP contribution < -0.4 is 5.32 Å². The lowest BCUT2D eigenvalue weighted by Crippen LogP contribution is -2.30. The van der Waals surface area contributed by atoms with Gasteiger partial charge in [-0.15, -0.1) is 11.3 Å². The van der Waals surface area contributed by atoms with E-state index in [-0.39, 0.29) is 11.9 Å². The molecule has 0 aliphatic carbocycles. The molecule has 6 nitrogen and oxygen atoms in total. The van der Waals surface area contributed by atoms with Gasteiger partial charge in [-0.3, -0.25) is 4.79 Å². The highest BCUT2D eigenvalue weighted by Gasteiger charge is 2.20. The number of anilines is 1. The Morgan fingerprint density at radius 2 is 2.10 bits per heavy atom. The van der Waals surface area contributed by atoms with Gasteiger partial charge in [0.2, 0.25) is 0 Å². The number of amides is 1. The molecule has 21 heavy (non-hydrogen) atoms. The molecule has 7 heteroatoms. The van der Waals surface area contributed by atoms with E-state index in [9.17, 15) is 9.59 Å². The van der Waals surface area contributed by atoms with E-state index in [1.165, 1.54) is 18.3 Å². The normalized spacial score (nSPS) is 12.2. The van der Waals surface area contributed by atoms with E-state index in [4.69, 9.17) is 4.74 Å². The molecule has 0 aromatic carbocycles. The Hall–Kier alpha value is -2.15. The Balaban J connectivity index is 1.96. The zero-order valence-electron chi connectivity index (χ0n) is 12.1. The topological polar surface area (TPSA) is 73.2 Å². The third-order valence-electron chi connectivity index (χ3n) is 2.79. The van der Waals surface area contributed by atoms with Crippen LogP contribution in [0.25, 0.3) is 0 Å². The van der Waals surface area contributed by atoms with Crippen LogP contribution in [0.15, 0.2) is 29.8 Å². The van der Waals surface area contributed by atoms with Crippen LogP contribution in [-0.4, -0.2) is 27.8 Å². The number of rotatable bonds is 5. The van der Waals surface area contributed by atoms with E-state index < -0.39 is 12.1 Å². The highest BCUT2D eigenvalue weighted by atomic mass is 32.1. The molecule has 1 atom stereocenters. The number of carbonyl (C=O) groups excluding carboxylic acids is 2. The summed E-state index contributed by atoms with van der Waals surface area (Å²) >= 11 is 1.28. The van der Waals surface area contributed by atoms with Crippen LogP contribution in [0.1, 0.15) is 36.5 Å². The van der Waals surface area contributed by atoms with Crippen molar-refractivity contribution in [2.75, 3.05) is 5.32 Å². The van der Waals surface area contributed by atoms with E-state index >= 15 is 0 Å². The van der Waals surface area contributed by atoms with Crippen molar-refractivity contribution in [3.8, 4) is 0 Å². The Labute approximate surface area is 126 Å². The predicted octanol–water partition coefficient (Wildman–Crippen LogP) is 2.71. The molecule has 0 bridgehead atoms. The number of aromatic nitrogens is 2. The van der Waals surface area contributed by atoms with Crippen LogP contribution >= 0.6 is 11.3 Å². The molecule has 2 aromatic heterocycles. The minimum atomic E-state index is -0.880. The molecule has 112 valence electrons. The first-order chi connectivity index (χ1) is 9.99. The van der Waals surface area contributed by atoms with Gasteiger partial charge in [0.25, 0.3) is 5.91 Å². The van der Waals surface area contributed by atoms with Crippen LogP contribution in [0.5, 0.6) is 0 Å². The molecule has 0 fully saturated rings. The zero-order valence-corrected chi connectivity index (χ0v) is 12.9. The van der Waals surface area contributed by atoms with Gasteiger partial charge in [0.05, 0.1) is 6.20 Å². The van der Waals surface area contributed by atoms with Gasteiger partial charge < -0.3 is 10.1 Å². The maximum absolute atomic E-state index is 12.1. The van der Waals surface area contributed by atoms with E-state index in [0.717, 1.165) is 0 Å². The SMILES string of the molecule is CC(C)n1nccc1NC(=O)[C@H](C)OC(=O)c1cccs1. The maximum atomic E-state index is 12.1. The third-order valence-corrected chi connectivity index (χ3v) is 3.64. The standard InChI is InChI=1S/C14H17N3O3S/c1-9(2)17-12(6-7-15-17)16-13(18)10(3)20-14(19)11-5-4-8-21-11/h4-10H,1-3H3,(H,16,18)/t10-/m0/s1. The van der Waals surface area contributed by atoms with Crippen LogP contribution in [0.2, 0.25) is 0 Å². The maximum Gasteiger partial charge on any atom is 0.349 e. The number of nitrogens with zero attached hydrogens (tertiary/aromatic N) is 2. The minimum Gasteiger partial charge on any atom is -0.448 e. The molecule has 1 amide bonds. The lowest BCUT2D eigenvalue weighted by Gasteiger charge is -2.15. The number of ether oxygens (including phenoxy) is 1. The zero-order chi connectivity index (χ0) is 15.4. The predicted molar refractivity (Wildman–Crippen MR) is 80.4 cm³/mol. The summed E-state index contributed by atoms with van der Waals surface area (Å²) in [5.74, 6) is -0.304. The van der Waals surface area contributed by atoms with Crippen molar-refractivity contribution in [1.82, 2.24) is 9.78 Å². The van der Waals surface area contributed by atoms with Crippen molar-refractivity contribution < 1.29 is 14.3 Å². The summed E-state index contributed by atoms with van der Waals surface area (Å²) in [6.07, 6.45) is 0.730. The largest absolute Gasteiger partial charge is 0.448 e. The number of esters is 1. The average Bonchev–Trinajstić information content (AvgIpc) is 3.09. The Morgan fingerprint density at radius 1 is 1.33 bits per heavy atom. The van der Waals surface area contributed by atoms with Gasteiger partial charge in [0.1, 0.15) is 10.7 Å². The van der Waals surface area contributed by atoms with Gasteiger partial charge in [-0.2, -0.15) is 5.10 Å². The second kappa shape index (κ2) is 6.53. The molecule has 0 radical (unpaired) electrons. The third kappa shape index (κ3) is 3.69. The lowest BCUT2D eigenvalue weighted by molar-refractivity contribution is -0.123. The first-order valence-electron chi connectivity index (χ1n) is 6.58. The van der Waals surface area contributed by atoms with Crippen LogP contribution in [-0.2, 0) is 9.53 Å². The fourth-order valence-corrected chi connectivity index (χ4v) is 2.32. The van der Waals surface area contributed by atoms with Gasteiger partial charge in [0, 0.05) is 12.1 Å². The molecule has 0 unspecified atom stereocenters. The molecule has 0 aliphatic heterocycles. The quantitative estimate of drug-likeness (QED) is 0.862. The summed E-state index contributed by atoms with van der Waals surface area (Å²) in [5, 5.41) is 8.62. The van der Waals surface area contributed by atoms with Crippen molar-refractivity contribution in [2.24, 2.45) is 0 Å². The summed E-state index contributed by atoms with van der Waals surface area (Å²) in [6, 6.07) is 5.24. The summed E-state index contributed by atoms with van der Waals surface area (Å²) in [4.78, 5) is 24.3. The summed E-state index contributed by atoms with van der Waals surface area (Å²) in [7, 11) is 0. The van der Waals surface area contributed by atoms with E-state index in [2.05, 4.69) is 10.4 Å². The van der Waals surface area contributed by atoms with E-state index in [0.29, 0.717) is 10.7 Å². The molecule has 0 aliphatic rings. The molecule has 2 aromatic rings. The first kappa shape index (κ1) is 15.2. The highest BCUT2D eigenvalue weighted by Crippen LogP contribution is 2.15. The van der Waals surface area contributed by atoms with Crippen molar-refractivity contribution in [3.63, 3.8) is 0 Å². The van der Waals surface area contributed by atoms with E-state index in [1.54, 1.807) is 34.5 Å². The molecule has 0 saturated carbocycles. The van der Waals surface area contributed by atoms with Crippen LogP contribution in [0.4, 0.5) is 5.82 Å². The van der Waals surface area contributed by atoms with Gasteiger partial charge in [-0.05, 0) is 32.2 Å². The van der Waals surface area contributed by atoms with E-state index in [1.807, 2.05) is 13.8 Å². The van der Waals surface area contributed by atoms with Crippen LogP contribution in [0, 0.1) is 0 Å². The van der Waals surface area contributed by atoms with Crippen LogP contribution in [0.3, 0.4) is 0 Å². The van der Waals surface area contributed by atoms with Crippen molar-refractivity contribution in [2.45, 2.75) is 32.9 Å². The molecular formula is C14H17N3O3S. The van der Waals surface area contributed by atoms with Gasteiger partial charge >= 0.3 is 5.97 Å². The molecular weight excluding hydrogens is 290 g/mol. The Bertz CT molecular complexity index is 619. The molecule has 1 N–H and O–H groups in total. The molecule has 2 heterocycles. The fraction of sp³-hybridized carbons (Fsp3) is 0.357. The second-order valence-electron chi connectivity index (χ2n) is 4.77. The van der Waals surface area contributed by atoms with Gasteiger partial charge in [-0.1, -0.05) is 6.07 Å². The monoisotopic (exact) mass is 307 g/mol. The lowest BCUT2D eigenvalue weighted by atomic mass is 10.3. The smallest absolute Gasteiger partial charge is 0.349 e. The molecule has 0 spiro atoms. The average molecular weight is 307 g/mol. The fourth-order valence-electron chi connectivity index (χ4n) is 1.72. The number of hydrogen-bond acceptors (Lipinski definition) is 5.